The first-order chi connectivity index (χ1) is 11.6. The van der Waals surface area contributed by atoms with Gasteiger partial charge in [-0.05, 0) is 33.2 Å². The highest BCUT2D eigenvalue weighted by Crippen LogP contribution is 2.20. The summed E-state index contributed by atoms with van der Waals surface area (Å²) in [6.07, 6.45) is 6.11. The third kappa shape index (κ3) is 4.29. The van der Waals surface area contributed by atoms with Crippen LogP contribution in [0.15, 0.2) is 18.6 Å². The zero-order chi connectivity index (χ0) is 17.5. The van der Waals surface area contributed by atoms with Crippen LogP contribution in [0.3, 0.4) is 0 Å². The molecular formula is C17H27N5O2. The predicted molar refractivity (Wildman–Crippen MR) is 91.5 cm³/mol. The van der Waals surface area contributed by atoms with E-state index in [2.05, 4.69) is 27.1 Å². The minimum Gasteiger partial charge on any atom is -0.347 e. The molecule has 24 heavy (non-hydrogen) atoms. The van der Waals surface area contributed by atoms with Crippen LogP contribution in [0.1, 0.15) is 44.1 Å². The molecule has 2 heterocycles. The first-order valence-electron chi connectivity index (χ1n) is 8.70. The van der Waals surface area contributed by atoms with Gasteiger partial charge in [-0.1, -0.05) is 6.92 Å². The summed E-state index contributed by atoms with van der Waals surface area (Å²) < 4.78 is 0. The first kappa shape index (κ1) is 18.3. The average Bonchev–Trinajstić information content (AvgIpc) is 2.99. The summed E-state index contributed by atoms with van der Waals surface area (Å²) in [6, 6.07) is -0.201. The fraction of sp³-hybridized carbons (Fsp3) is 0.647. The van der Waals surface area contributed by atoms with E-state index < -0.39 is 0 Å². The van der Waals surface area contributed by atoms with Crippen molar-refractivity contribution in [1.82, 2.24) is 25.1 Å². The van der Waals surface area contributed by atoms with Crippen molar-refractivity contribution in [3.63, 3.8) is 0 Å². The van der Waals surface area contributed by atoms with E-state index in [0.717, 1.165) is 13.0 Å². The normalized spacial score (nSPS) is 20.8. The molecule has 0 aliphatic carbocycles. The Bertz CT molecular complexity index is 547. The van der Waals surface area contributed by atoms with Gasteiger partial charge in [0, 0.05) is 38.1 Å². The van der Waals surface area contributed by atoms with E-state index in [4.69, 9.17) is 0 Å². The lowest BCUT2D eigenvalue weighted by Crippen LogP contribution is -2.45. The van der Waals surface area contributed by atoms with E-state index in [9.17, 15) is 9.59 Å². The zero-order valence-corrected chi connectivity index (χ0v) is 14.7. The number of amides is 2. The van der Waals surface area contributed by atoms with Gasteiger partial charge in [-0.25, -0.2) is 4.98 Å². The van der Waals surface area contributed by atoms with Crippen LogP contribution in [0.2, 0.25) is 0 Å². The number of likely N-dealkylation sites (tertiary alicyclic amines) is 1. The van der Waals surface area contributed by atoms with Crippen molar-refractivity contribution < 1.29 is 9.59 Å². The van der Waals surface area contributed by atoms with Gasteiger partial charge in [-0.3, -0.25) is 19.5 Å². The van der Waals surface area contributed by atoms with Gasteiger partial charge in [-0.2, -0.15) is 0 Å². The summed E-state index contributed by atoms with van der Waals surface area (Å²) in [5.74, 6) is -0.0785. The molecule has 0 radical (unpaired) electrons. The lowest BCUT2D eigenvalue weighted by atomic mass is 10.1. The van der Waals surface area contributed by atoms with Crippen molar-refractivity contribution in [2.75, 3.05) is 26.2 Å². The summed E-state index contributed by atoms with van der Waals surface area (Å²) in [6.45, 7) is 9.06. The van der Waals surface area contributed by atoms with Crippen LogP contribution in [0.4, 0.5) is 0 Å². The van der Waals surface area contributed by atoms with Gasteiger partial charge in [0.25, 0.3) is 5.91 Å². The second kappa shape index (κ2) is 8.73. The molecule has 1 aromatic rings. The number of carbonyl (C=O) groups excluding carboxylic acids is 2. The fourth-order valence-electron chi connectivity index (χ4n) is 3.22. The third-order valence-electron chi connectivity index (χ3n) is 4.41. The number of nitrogens with zero attached hydrogens (tertiary/aromatic N) is 4. The number of aromatic nitrogens is 2. The number of likely N-dealkylation sites (N-methyl/N-ethyl adjacent to an activating group) is 1. The molecule has 132 valence electrons. The van der Waals surface area contributed by atoms with Crippen LogP contribution in [-0.2, 0) is 4.79 Å². The lowest BCUT2D eigenvalue weighted by Gasteiger charge is -2.28. The second-order valence-corrected chi connectivity index (χ2v) is 6.02. The Labute approximate surface area is 143 Å². The third-order valence-corrected chi connectivity index (χ3v) is 4.41. The van der Waals surface area contributed by atoms with Crippen LogP contribution in [0, 0.1) is 0 Å². The highest BCUT2D eigenvalue weighted by molar-refractivity contribution is 5.92. The Morgan fingerprint density at radius 3 is 2.62 bits per heavy atom. The topological polar surface area (TPSA) is 78.4 Å². The molecule has 0 saturated carbocycles. The molecule has 0 aromatic carbocycles. The molecule has 0 bridgehead atoms. The number of hydrogen-bond acceptors (Lipinski definition) is 5. The van der Waals surface area contributed by atoms with Gasteiger partial charge in [0.05, 0.1) is 12.2 Å². The van der Waals surface area contributed by atoms with Crippen molar-refractivity contribution in [2.24, 2.45) is 0 Å². The lowest BCUT2D eigenvalue weighted by molar-refractivity contribution is -0.135. The van der Waals surface area contributed by atoms with Crippen molar-refractivity contribution >= 4 is 11.8 Å². The summed E-state index contributed by atoms with van der Waals surface area (Å²) in [5, 5.41) is 2.99. The SMILES string of the molecule is CCCN1C[C@@H](NC(=O)c2cnccn2)C[C@H]1C(=O)N(CC)CC. The van der Waals surface area contributed by atoms with Crippen molar-refractivity contribution in [3.8, 4) is 0 Å². The van der Waals surface area contributed by atoms with Gasteiger partial charge in [0.15, 0.2) is 0 Å². The Hall–Kier alpha value is -2.02. The number of hydrogen-bond donors (Lipinski definition) is 1. The van der Waals surface area contributed by atoms with Gasteiger partial charge in [0.2, 0.25) is 5.91 Å². The fourth-order valence-corrected chi connectivity index (χ4v) is 3.22. The molecule has 1 fully saturated rings. The summed E-state index contributed by atoms with van der Waals surface area (Å²) in [4.78, 5) is 37.0. The van der Waals surface area contributed by atoms with Crippen LogP contribution in [-0.4, -0.2) is 69.8 Å². The monoisotopic (exact) mass is 333 g/mol. The second-order valence-electron chi connectivity index (χ2n) is 6.02. The van der Waals surface area contributed by atoms with Crippen LogP contribution in [0.25, 0.3) is 0 Å². The van der Waals surface area contributed by atoms with Gasteiger partial charge in [0.1, 0.15) is 5.69 Å². The molecule has 1 aliphatic heterocycles. The molecule has 0 spiro atoms. The van der Waals surface area contributed by atoms with Gasteiger partial charge in [-0.15, -0.1) is 0 Å². The summed E-state index contributed by atoms with van der Waals surface area (Å²) in [7, 11) is 0. The highest BCUT2D eigenvalue weighted by atomic mass is 16.2. The Morgan fingerprint density at radius 1 is 1.29 bits per heavy atom. The molecular weight excluding hydrogens is 306 g/mol. The number of carbonyl (C=O) groups is 2. The van der Waals surface area contributed by atoms with E-state index in [1.54, 1.807) is 0 Å². The minimum atomic E-state index is -0.236. The molecule has 1 N–H and O–H groups in total. The van der Waals surface area contributed by atoms with Crippen LogP contribution in [0.5, 0.6) is 0 Å². The molecule has 0 unspecified atom stereocenters. The first-order valence-corrected chi connectivity index (χ1v) is 8.70. The molecule has 2 amide bonds. The summed E-state index contributed by atoms with van der Waals surface area (Å²) >= 11 is 0. The van der Waals surface area contributed by atoms with E-state index >= 15 is 0 Å². The maximum absolute atomic E-state index is 12.7. The Kier molecular flexibility index (Phi) is 6.66. The highest BCUT2D eigenvalue weighted by Gasteiger charge is 2.38. The van der Waals surface area contributed by atoms with Gasteiger partial charge < -0.3 is 10.2 Å². The molecule has 1 saturated heterocycles. The summed E-state index contributed by atoms with van der Waals surface area (Å²) in [5.41, 5.74) is 0.304. The minimum absolute atomic E-state index is 0.0458. The molecule has 7 nitrogen and oxygen atoms in total. The molecule has 7 heteroatoms. The molecule has 2 rings (SSSR count). The Morgan fingerprint density at radius 2 is 2.04 bits per heavy atom. The smallest absolute Gasteiger partial charge is 0.271 e. The van der Waals surface area contributed by atoms with Crippen LogP contribution >= 0.6 is 0 Å². The van der Waals surface area contributed by atoms with Crippen molar-refractivity contribution in [2.45, 2.75) is 45.7 Å². The standard InChI is InChI=1S/C17H27N5O2/c1-4-9-22-12-13(10-15(22)17(24)21(5-2)6-3)20-16(23)14-11-18-7-8-19-14/h7-8,11,13,15H,4-6,9-10,12H2,1-3H3,(H,20,23)/t13-,15-/m0/s1. The zero-order valence-electron chi connectivity index (χ0n) is 14.7. The van der Waals surface area contributed by atoms with Gasteiger partial charge >= 0.3 is 0 Å². The van der Waals surface area contributed by atoms with E-state index in [1.165, 1.54) is 18.6 Å². The largest absolute Gasteiger partial charge is 0.347 e. The Balaban J connectivity index is 2.03. The molecule has 2 atom stereocenters. The number of rotatable bonds is 7. The predicted octanol–water partition coefficient (Wildman–Crippen LogP) is 0.928. The van der Waals surface area contributed by atoms with Crippen LogP contribution < -0.4 is 5.32 Å². The van der Waals surface area contributed by atoms with E-state index in [1.807, 2.05) is 18.7 Å². The van der Waals surface area contributed by atoms with Crippen molar-refractivity contribution in [1.29, 1.82) is 0 Å². The quantitative estimate of drug-likeness (QED) is 0.803. The van der Waals surface area contributed by atoms with E-state index in [-0.39, 0.29) is 23.9 Å². The average molecular weight is 333 g/mol. The molecule has 1 aliphatic rings. The number of nitrogens with one attached hydrogen (secondary N) is 1. The maximum Gasteiger partial charge on any atom is 0.271 e. The molecule has 1 aromatic heterocycles. The maximum atomic E-state index is 12.7. The van der Waals surface area contributed by atoms with E-state index in [0.29, 0.717) is 31.7 Å². The van der Waals surface area contributed by atoms with Crippen molar-refractivity contribution in [3.05, 3.63) is 24.3 Å².